The first-order valence-electron chi connectivity index (χ1n) is 7.72. The lowest BCUT2D eigenvalue weighted by molar-refractivity contribution is -0.384. The molecule has 0 aliphatic rings. The van der Waals surface area contributed by atoms with Gasteiger partial charge in [-0.15, -0.1) is 0 Å². The first kappa shape index (κ1) is 17.3. The summed E-state index contributed by atoms with van der Waals surface area (Å²) >= 11 is 4.91. The molecule has 0 fully saturated rings. The zero-order valence-electron chi connectivity index (χ0n) is 13.6. The quantitative estimate of drug-likeness (QED) is 0.245. The van der Waals surface area contributed by atoms with E-state index in [1.165, 1.54) is 12.1 Å². The van der Waals surface area contributed by atoms with E-state index in [9.17, 15) is 15.4 Å². The summed E-state index contributed by atoms with van der Waals surface area (Å²) in [6.45, 7) is 0.543. The summed E-state index contributed by atoms with van der Waals surface area (Å²) in [6, 6.07) is 16.2. The second-order valence-electron chi connectivity index (χ2n) is 5.69. The monoisotopic (exact) mass is 362 g/mol. The molecule has 0 amide bonds. The molecule has 7 heteroatoms. The number of thiocarbonyl (C=S) groups is 1. The Kier molecular flexibility index (Phi) is 4.78. The van der Waals surface area contributed by atoms with Gasteiger partial charge in [-0.05, 0) is 17.7 Å². The first-order chi connectivity index (χ1) is 12.5. The number of hydrogen-bond acceptors (Lipinski definition) is 4. The molecule has 0 aliphatic heterocycles. The van der Waals surface area contributed by atoms with Crippen molar-refractivity contribution in [3.8, 4) is 6.07 Å². The number of nitriles is 1. The van der Waals surface area contributed by atoms with Gasteiger partial charge in [0.15, 0.2) is 0 Å². The van der Waals surface area contributed by atoms with Gasteiger partial charge < -0.3 is 10.3 Å². The molecule has 0 atom stereocenters. The van der Waals surface area contributed by atoms with Crippen LogP contribution in [-0.2, 0) is 6.54 Å². The molecule has 2 aromatic carbocycles. The van der Waals surface area contributed by atoms with Crippen molar-refractivity contribution in [2.24, 2.45) is 5.73 Å². The molecule has 0 aliphatic carbocycles. The minimum absolute atomic E-state index is 0.0553. The van der Waals surface area contributed by atoms with Crippen LogP contribution in [0.5, 0.6) is 0 Å². The van der Waals surface area contributed by atoms with Crippen molar-refractivity contribution in [1.82, 2.24) is 4.57 Å². The van der Waals surface area contributed by atoms with Crippen LogP contribution < -0.4 is 5.73 Å². The molecule has 0 saturated carbocycles. The summed E-state index contributed by atoms with van der Waals surface area (Å²) in [5.74, 6) is 0. The Bertz CT molecular complexity index is 1080. The highest BCUT2D eigenvalue weighted by atomic mass is 32.1. The van der Waals surface area contributed by atoms with Gasteiger partial charge in [-0.1, -0.05) is 42.5 Å². The van der Waals surface area contributed by atoms with E-state index in [4.69, 9.17) is 18.0 Å². The summed E-state index contributed by atoms with van der Waals surface area (Å²) in [7, 11) is 0. The van der Waals surface area contributed by atoms with Crippen molar-refractivity contribution in [3.63, 3.8) is 0 Å². The van der Waals surface area contributed by atoms with Crippen molar-refractivity contribution in [1.29, 1.82) is 5.26 Å². The van der Waals surface area contributed by atoms with Gasteiger partial charge in [-0.2, -0.15) is 5.26 Å². The Morgan fingerprint density at radius 2 is 1.96 bits per heavy atom. The van der Waals surface area contributed by atoms with E-state index < -0.39 is 4.92 Å². The maximum atomic E-state index is 10.8. The summed E-state index contributed by atoms with van der Waals surface area (Å²) in [5, 5.41) is 20.9. The summed E-state index contributed by atoms with van der Waals surface area (Å²) in [4.78, 5) is 10.4. The van der Waals surface area contributed by atoms with Crippen LogP contribution in [-0.4, -0.2) is 14.5 Å². The highest BCUT2D eigenvalue weighted by Gasteiger charge is 2.10. The zero-order valence-corrected chi connectivity index (χ0v) is 14.4. The van der Waals surface area contributed by atoms with E-state index in [0.29, 0.717) is 6.54 Å². The molecular weight excluding hydrogens is 348 g/mol. The standard InChI is InChI=1S/C19H14N4O2S/c20-10-14(19(21)26)9-15-12-22(18-4-2-1-3-17(15)18)11-13-5-7-16(8-6-13)23(24)25/h1-9,12H,11H2,(H2,21,26). The summed E-state index contributed by atoms with van der Waals surface area (Å²) < 4.78 is 2.02. The zero-order chi connectivity index (χ0) is 18.7. The van der Waals surface area contributed by atoms with Crippen LogP contribution in [0.15, 0.2) is 60.3 Å². The predicted octanol–water partition coefficient (Wildman–Crippen LogP) is 3.79. The predicted molar refractivity (Wildman–Crippen MR) is 105 cm³/mol. The lowest BCUT2D eigenvalue weighted by Crippen LogP contribution is -2.09. The molecule has 128 valence electrons. The number of para-hydroxylation sites is 1. The number of hydrogen-bond donors (Lipinski definition) is 1. The number of rotatable bonds is 5. The van der Waals surface area contributed by atoms with Crippen molar-refractivity contribution in [2.45, 2.75) is 6.54 Å². The number of nitro benzene ring substituents is 1. The van der Waals surface area contributed by atoms with E-state index in [2.05, 4.69) is 0 Å². The van der Waals surface area contributed by atoms with E-state index in [1.807, 2.05) is 41.1 Å². The van der Waals surface area contributed by atoms with Crippen LogP contribution in [0.2, 0.25) is 0 Å². The molecular formula is C19H14N4O2S. The minimum atomic E-state index is -0.420. The fourth-order valence-corrected chi connectivity index (χ4v) is 2.86. The Morgan fingerprint density at radius 3 is 2.58 bits per heavy atom. The van der Waals surface area contributed by atoms with Gasteiger partial charge in [0.2, 0.25) is 0 Å². The Hall–Kier alpha value is -3.50. The molecule has 26 heavy (non-hydrogen) atoms. The van der Waals surface area contributed by atoms with Gasteiger partial charge in [0.1, 0.15) is 11.1 Å². The molecule has 0 unspecified atom stereocenters. The molecule has 6 nitrogen and oxygen atoms in total. The molecule has 0 radical (unpaired) electrons. The smallest absolute Gasteiger partial charge is 0.269 e. The van der Waals surface area contributed by atoms with Crippen LogP contribution in [0, 0.1) is 21.4 Å². The highest BCUT2D eigenvalue weighted by molar-refractivity contribution is 7.80. The summed E-state index contributed by atoms with van der Waals surface area (Å²) in [6.07, 6.45) is 3.60. The molecule has 2 N–H and O–H groups in total. The lowest BCUT2D eigenvalue weighted by atomic mass is 10.1. The van der Waals surface area contributed by atoms with Crippen molar-refractivity contribution >= 4 is 39.9 Å². The largest absolute Gasteiger partial charge is 0.389 e. The van der Waals surface area contributed by atoms with Crippen molar-refractivity contribution in [3.05, 3.63) is 81.5 Å². The van der Waals surface area contributed by atoms with Crippen molar-refractivity contribution in [2.75, 3.05) is 0 Å². The first-order valence-corrected chi connectivity index (χ1v) is 8.13. The fraction of sp³-hybridized carbons (Fsp3) is 0.0526. The number of non-ortho nitro benzene ring substituents is 1. The lowest BCUT2D eigenvalue weighted by Gasteiger charge is -2.05. The average molecular weight is 362 g/mol. The number of nitrogens with two attached hydrogens (primary N) is 1. The second kappa shape index (κ2) is 7.17. The van der Waals surface area contributed by atoms with E-state index in [0.717, 1.165) is 22.0 Å². The Morgan fingerprint density at radius 1 is 1.27 bits per heavy atom. The van der Waals surface area contributed by atoms with Crippen LogP contribution >= 0.6 is 12.2 Å². The number of fused-ring (bicyclic) bond motifs is 1. The Labute approximate surface area is 154 Å². The van der Waals surface area contributed by atoms with E-state index in [1.54, 1.807) is 18.2 Å². The number of aromatic nitrogens is 1. The van der Waals surface area contributed by atoms with Gasteiger partial charge in [-0.25, -0.2) is 0 Å². The third-order valence-corrected chi connectivity index (χ3v) is 4.23. The maximum absolute atomic E-state index is 10.8. The van der Waals surface area contributed by atoms with Gasteiger partial charge in [-0.3, -0.25) is 10.1 Å². The number of benzene rings is 2. The normalized spacial score (nSPS) is 11.3. The molecule has 0 saturated heterocycles. The third-order valence-electron chi connectivity index (χ3n) is 4.01. The average Bonchev–Trinajstić information content (AvgIpc) is 2.97. The van der Waals surface area contributed by atoms with E-state index >= 15 is 0 Å². The SMILES string of the molecule is N#CC(=Cc1cn(Cc2ccc([N+](=O)[O-])cc2)c2ccccc12)C(N)=S. The molecule has 1 heterocycles. The molecule has 1 aromatic heterocycles. The molecule has 0 bridgehead atoms. The van der Waals surface area contributed by atoms with E-state index in [-0.39, 0.29) is 16.2 Å². The van der Waals surface area contributed by atoms with Crippen LogP contribution in [0.4, 0.5) is 5.69 Å². The molecule has 3 aromatic rings. The van der Waals surface area contributed by atoms with Crippen LogP contribution in [0.1, 0.15) is 11.1 Å². The molecule has 3 rings (SSSR count). The van der Waals surface area contributed by atoms with Crippen molar-refractivity contribution < 1.29 is 4.92 Å². The second-order valence-corrected chi connectivity index (χ2v) is 6.13. The topological polar surface area (TPSA) is 97.9 Å². The van der Waals surface area contributed by atoms with Gasteiger partial charge in [0.05, 0.1) is 10.5 Å². The highest BCUT2D eigenvalue weighted by Crippen LogP contribution is 2.25. The fourth-order valence-electron chi connectivity index (χ4n) is 2.75. The van der Waals surface area contributed by atoms with Gasteiger partial charge >= 0.3 is 0 Å². The summed E-state index contributed by atoms with van der Waals surface area (Å²) in [5.41, 5.74) is 8.65. The molecule has 0 spiro atoms. The number of nitro groups is 1. The maximum Gasteiger partial charge on any atom is 0.269 e. The van der Waals surface area contributed by atoms with Crippen LogP contribution in [0.3, 0.4) is 0 Å². The van der Waals surface area contributed by atoms with Crippen LogP contribution in [0.25, 0.3) is 17.0 Å². The van der Waals surface area contributed by atoms with Gasteiger partial charge in [0, 0.05) is 41.3 Å². The third kappa shape index (κ3) is 3.45. The minimum Gasteiger partial charge on any atom is -0.389 e. The van der Waals surface area contributed by atoms with Gasteiger partial charge in [0.25, 0.3) is 5.69 Å². The number of nitrogens with zero attached hydrogens (tertiary/aromatic N) is 3. The Balaban J connectivity index is 2.03.